The van der Waals surface area contributed by atoms with Crippen molar-refractivity contribution in [3.8, 4) is 22.4 Å². The molecule has 0 bridgehead atoms. The van der Waals surface area contributed by atoms with E-state index in [1.807, 2.05) is 67.7 Å². The van der Waals surface area contributed by atoms with Crippen LogP contribution in [0.1, 0.15) is 25.8 Å². The molecule has 3 aromatic rings. The van der Waals surface area contributed by atoms with Gasteiger partial charge in [-0.25, -0.2) is 8.42 Å². The van der Waals surface area contributed by atoms with Crippen molar-refractivity contribution in [2.45, 2.75) is 25.2 Å². The second kappa shape index (κ2) is 16.5. The molecule has 196 valence electrons. The summed E-state index contributed by atoms with van der Waals surface area (Å²) in [4.78, 5) is 23.2. The summed E-state index contributed by atoms with van der Waals surface area (Å²) >= 11 is 6.21. The lowest BCUT2D eigenvalue weighted by molar-refractivity contribution is 0.266. The molecule has 0 saturated carbocycles. The van der Waals surface area contributed by atoms with Gasteiger partial charge in [-0.1, -0.05) is 94.2 Å². The number of carbonyl (C=O) groups excluding carboxylic acids is 2. The van der Waals surface area contributed by atoms with Crippen LogP contribution < -0.4 is 11.5 Å². The molecule has 11 heteroatoms. The number of primary amides is 2. The number of thiol groups is 2. The normalized spacial score (nSPS) is 10.4. The van der Waals surface area contributed by atoms with Crippen molar-refractivity contribution in [2.24, 2.45) is 11.5 Å². The Labute approximate surface area is 223 Å². The second-order valence-electron chi connectivity index (χ2n) is 7.00. The average Bonchev–Trinajstić information content (AvgIpc) is 2.77. The lowest BCUT2D eigenvalue weighted by Gasteiger charge is -2.16. The fourth-order valence-electron chi connectivity index (χ4n) is 2.91. The maximum absolute atomic E-state index is 12.3. The summed E-state index contributed by atoms with van der Waals surface area (Å²) in [5, 5.41) is -1.28. The predicted octanol–water partition coefficient (Wildman–Crippen LogP) is 4.91. The summed E-state index contributed by atoms with van der Waals surface area (Å²) in [6, 6.07) is 18.9. The summed E-state index contributed by atoms with van der Waals surface area (Å²) in [5.74, 6) is 0.122. The molecular weight excluding hydrogens is 518 g/mol. The van der Waals surface area contributed by atoms with Gasteiger partial charge in [-0.3, -0.25) is 14.6 Å². The molecule has 0 spiro atoms. The molecule has 0 aliphatic heterocycles. The van der Waals surface area contributed by atoms with Crippen LogP contribution >= 0.6 is 25.3 Å². The molecule has 3 rings (SSSR count). The first-order valence-electron chi connectivity index (χ1n) is 9.82. The second-order valence-corrected chi connectivity index (χ2v) is 9.87. The lowest BCUT2D eigenvalue weighted by atomic mass is 9.94. The third-order valence-electron chi connectivity index (χ3n) is 4.41. The average molecular weight is 552 g/mol. The standard InChI is InChI=1S/C22H21NO2S.2CH3NOS.CH4.H2O/c1-4-16(2)18-14-20(19-12-8-9-13-21(19)26(3,24)25)22(23-15-18)17-10-6-5-7-11-17;2*2-1(3)4;;/h4-16H,1H2,2-3H3;2*(H3,2,3,4);1H4;1H2. The molecule has 0 radical (unpaired) electrons. The van der Waals surface area contributed by atoms with E-state index >= 15 is 0 Å². The van der Waals surface area contributed by atoms with Crippen molar-refractivity contribution in [3.05, 3.63) is 85.1 Å². The number of amides is 2. The first kappa shape index (κ1) is 35.0. The number of aromatic nitrogens is 1. The molecule has 0 aliphatic carbocycles. The summed E-state index contributed by atoms with van der Waals surface area (Å²) in [6.07, 6.45) is 4.92. The number of rotatable bonds is 5. The van der Waals surface area contributed by atoms with Gasteiger partial charge in [0.1, 0.15) is 0 Å². The van der Waals surface area contributed by atoms with Gasteiger partial charge in [0.05, 0.1) is 10.6 Å². The molecule has 0 fully saturated rings. The number of hydrogen-bond donors (Lipinski definition) is 4. The van der Waals surface area contributed by atoms with Gasteiger partial charge in [0.25, 0.3) is 10.5 Å². The Morgan fingerprint density at radius 2 is 1.44 bits per heavy atom. The number of nitrogens with two attached hydrogens (primary N) is 2. The van der Waals surface area contributed by atoms with Crippen molar-refractivity contribution in [1.82, 2.24) is 4.98 Å². The minimum Gasteiger partial charge on any atom is -0.412 e. The highest BCUT2D eigenvalue weighted by atomic mass is 32.2. The van der Waals surface area contributed by atoms with E-state index < -0.39 is 20.3 Å². The number of hydrogen-bond acceptors (Lipinski definition) is 5. The highest BCUT2D eigenvalue weighted by molar-refractivity contribution is 7.96. The fraction of sp³-hybridized carbons (Fsp3) is 0.160. The molecule has 1 aromatic heterocycles. The van der Waals surface area contributed by atoms with Crippen LogP contribution in [0, 0.1) is 0 Å². The third kappa shape index (κ3) is 11.5. The lowest BCUT2D eigenvalue weighted by Crippen LogP contribution is -2.02. The number of sulfone groups is 1. The molecule has 6 N–H and O–H groups in total. The van der Waals surface area contributed by atoms with Crippen LogP contribution in [0.15, 0.2) is 84.4 Å². The van der Waals surface area contributed by atoms with Gasteiger partial charge in [0, 0.05) is 35.1 Å². The molecule has 0 aliphatic rings. The van der Waals surface area contributed by atoms with Gasteiger partial charge in [0.15, 0.2) is 9.84 Å². The van der Waals surface area contributed by atoms with Gasteiger partial charge in [-0.15, -0.1) is 6.58 Å². The largest absolute Gasteiger partial charge is 0.412 e. The van der Waals surface area contributed by atoms with Crippen LogP contribution in [-0.4, -0.2) is 35.6 Å². The quantitative estimate of drug-likeness (QED) is 0.261. The number of allylic oxidation sites excluding steroid dienone is 1. The zero-order valence-electron chi connectivity index (χ0n) is 19.3. The van der Waals surface area contributed by atoms with Crippen LogP contribution in [0.3, 0.4) is 0 Å². The van der Waals surface area contributed by atoms with Gasteiger partial charge in [-0.2, -0.15) is 0 Å². The Hall–Kier alpha value is -3.12. The van der Waals surface area contributed by atoms with E-state index in [9.17, 15) is 8.42 Å². The topological polar surface area (TPSA) is 165 Å². The first-order valence-corrected chi connectivity index (χ1v) is 12.6. The Bertz CT molecular complexity index is 1230. The Kier molecular flexibility index (Phi) is 16.1. The molecule has 1 unspecified atom stereocenters. The third-order valence-corrected chi connectivity index (χ3v) is 5.57. The van der Waals surface area contributed by atoms with E-state index in [0.29, 0.717) is 10.5 Å². The molecule has 2 aromatic carbocycles. The van der Waals surface area contributed by atoms with Crippen molar-refractivity contribution in [1.29, 1.82) is 0 Å². The number of carbonyl (C=O) groups is 2. The van der Waals surface area contributed by atoms with Crippen LogP contribution in [0.25, 0.3) is 22.4 Å². The SMILES string of the molecule is C.C=CC(C)c1cnc(-c2ccccc2)c(-c2ccccc2S(C)(=O)=O)c1.NC(=O)S.NC(=O)S.O. The van der Waals surface area contributed by atoms with E-state index in [0.717, 1.165) is 22.4 Å². The van der Waals surface area contributed by atoms with Crippen LogP contribution in [-0.2, 0) is 9.84 Å². The zero-order chi connectivity index (χ0) is 25.9. The van der Waals surface area contributed by atoms with E-state index in [1.165, 1.54) is 6.26 Å². The van der Waals surface area contributed by atoms with Gasteiger partial charge >= 0.3 is 0 Å². The van der Waals surface area contributed by atoms with E-state index in [2.05, 4.69) is 48.3 Å². The first-order chi connectivity index (χ1) is 15.9. The summed E-state index contributed by atoms with van der Waals surface area (Å²) < 4.78 is 24.6. The number of pyridine rings is 1. The molecule has 0 saturated heterocycles. The Morgan fingerprint density at radius 3 is 1.92 bits per heavy atom. The van der Waals surface area contributed by atoms with E-state index in [4.69, 9.17) is 9.59 Å². The van der Waals surface area contributed by atoms with Crippen molar-refractivity contribution in [3.63, 3.8) is 0 Å². The Balaban J connectivity index is 0. The maximum atomic E-state index is 12.3. The van der Waals surface area contributed by atoms with Crippen molar-refractivity contribution >= 4 is 45.6 Å². The summed E-state index contributed by atoms with van der Waals surface area (Å²) in [6.45, 7) is 5.89. The van der Waals surface area contributed by atoms with Crippen molar-refractivity contribution in [2.75, 3.05) is 6.26 Å². The zero-order valence-corrected chi connectivity index (χ0v) is 21.9. The predicted molar refractivity (Wildman–Crippen MR) is 154 cm³/mol. The van der Waals surface area contributed by atoms with E-state index in [1.54, 1.807) is 12.1 Å². The van der Waals surface area contributed by atoms with Gasteiger partial charge < -0.3 is 16.9 Å². The molecule has 2 amide bonds. The van der Waals surface area contributed by atoms with Crippen LogP contribution in [0.4, 0.5) is 9.59 Å². The minimum absolute atomic E-state index is 0. The van der Waals surface area contributed by atoms with Gasteiger partial charge in [-0.05, 0) is 17.7 Å². The monoisotopic (exact) mass is 551 g/mol. The fourth-order valence-corrected chi connectivity index (χ4v) is 3.81. The smallest absolute Gasteiger partial charge is 0.273 e. The maximum Gasteiger partial charge on any atom is 0.273 e. The molecular formula is C25H33N3O5S3. The van der Waals surface area contributed by atoms with Crippen molar-refractivity contribution < 1.29 is 23.5 Å². The number of nitrogens with zero attached hydrogens (tertiary/aromatic N) is 1. The highest BCUT2D eigenvalue weighted by Gasteiger charge is 2.19. The number of benzene rings is 2. The highest BCUT2D eigenvalue weighted by Crippen LogP contribution is 2.36. The molecule has 1 heterocycles. The van der Waals surface area contributed by atoms with Crippen LogP contribution in [0.5, 0.6) is 0 Å². The molecule has 1 atom stereocenters. The minimum atomic E-state index is -3.37. The van der Waals surface area contributed by atoms with E-state index in [-0.39, 0.29) is 18.8 Å². The Morgan fingerprint density at radius 1 is 0.972 bits per heavy atom. The van der Waals surface area contributed by atoms with Crippen LogP contribution in [0.2, 0.25) is 0 Å². The molecule has 8 nitrogen and oxygen atoms in total. The summed E-state index contributed by atoms with van der Waals surface area (Å²) in [7, 11) is -3.37. The van der Waals surface area contributed by atoms with Gasteiger partial charge in [0.2, 0.25) is 0 Å². The summed E-state index contributed by atoms with van der Waals surface area (Å²) in [5.41, 5.74) is 12.9. The molecule has 36 heavy (non-hydrogen) atoms.